The number of rotatable bonds is 5. The number of aromatic nitrogens is 1. The van der Waals surface area contributed by atoms with Gasteiger partial charge in [-0.25, -0.2) is 0 Å². The van der Waals surface area contributed by atoms with Gasteiger partial charge in [-0.1, -0.05) is 36.8 Å². The number of nitrogens with zero attached hydrogens (tertiary/aromatic N) is 1. The summed E-state index contributed by atoms with van der Waals surface area (Å²) >= 11 is 5.35. The van der Waals surface area contributed by atoms with Crippen LogP contribution in [0.1, 0.15) is 41.6 Å². The second-order valence-corrected chi connectivity index (χ2v) is 9.06. The second-order valence-electron chi connectivity index (χ2n) is 8.65. The number of pyridine rings is 1. The lowest BCUT2D eigenvalue weighted by Gasteiger charge is -2.24. The molecule has 7 heteroatoms. The molecule has 0 unspecified atom stereocenters. The van der Waals surface area contributed by atoms with Crippen molar-refractivity contribution in [1.29, 1.82) is 0 Å². The number of carbonyl (C=O) groups excluding carboxylic acids is 1. The topological polar surface area (TPSA) is 75.3 Å². The number of hydrazine groups is 1. The van der Waals surface area contributed by atoms with E-state index in [4.69, 9.17) is 17.0 Å². The predicted octanol–water partition coefficient (Wildman–Crippen LogP) is 4.11. The molecule has 164 valence electrons. The molecular formula is C25H26N4O2S. The third-order valence-electron chi connectivity index (χ3n) is 6.55. The van der Waals surface area contributed by atoms with Gasteiger partial charge in [-0.15, -0.1) is 0 Å². The van der Waals surface area contributed by atoms with Crippen molar-refractivity contribution in [2.75, 3.05) is 0 Å². The molecule has 32 heavy (non-hydrogen) atoms. The number of fused-ring (bicyclic) bond motifs is 3. The monoisotopic (exact) mass is 446 g/mol. The average molecular weight is 447 g/mol. The summed E-state index contributed by atoms with van der Waals surface area (Å²) in [6.07, 6.45) is 6.87. The van der Waals surface area contributed by atoms with E-state index >= 15 is 0 Å². The van der Waals surface area contributed by atoms with Crippen LogP contribution < -0.4 is 20.9 Å². The van der Waals surface area contributed by atoms with E-state index in [1.54, 1.807) is 18.3 Å². The molecule has 2 bridgehead atoms. The van der Waals surface area contributed by atoms with E-state index < -0.39 is 0 Å². The van der Waals surface area contributed by atoms with Crippen LogP contribution in [0.5, 0.6) is 5.75 Å². The lowest BCUT2D eigenvalue weighted by Crippen LogP contribution is -2.50. The summed E-state index contributed by atoms with van der Waals surface area (Å²) < 4.78 is 5.97. The normalized spacial score (nSPS) is 21.3. The van der Waals surface area contributed by atoms with Gasteiger partial charge in [0.15, 0.2) is 5.11 Å². The highest BCUT2D eigenvalue weighted by molar-refractivity contribution is 7.80. The molecular weight excluding hydrogens is 420 g/mol. The molecule has 2 fully saturated rings. The quantitative estimate of drug-likeness (QED) is 0.405. The zero-order valence-corrected chi connectivity index (χ0v) is 18.5. The Morgan fingerprint density at radius 2 is 1.88 bits per heavy atom. The molecule has 5 rings (SSSR count). The molecule has 0 spiro atoms. The lowest BCUT2D eigenvalue weighted by atomic mass is 9.96. The van der Waals surface area contributed by atoms with Gasteiger partial charge in [0.25, 0.3) is 5.91 Å². The van der Waals surface area contributed by atoms with Gasteiger partial charge in [0, 0.05) is 23.2 Å². The minimum Gasteiger partial charge on any atom is -0.487 e. The van der Waals surface area contributed by atoms with E-state index in [1.807, 2.05) is 42.5 Å². The maximum absolute atomic E-state index is 12.5. The Bertz CT molecular complexity index is 1130. The summed E-state index contributed by atoms with van der Waals surface area (Å²) in [5.41, 5.74) is 7.88. The molecule has 2 aromatic carbocycles. The van der Waals surface area contributed by atoms with Crippen molar-refractivity contribution in [2.45, 2.75) is 38.3 Å². The molecule has 0 radical (unpaired) electrons. The Morgan fingerprint density at radius 3 is 2.66 bits per heavy atom. The van der Waals surface area contributed by atoms with Gasteiger partial charge in [0.05, 0.1) is 0 Å². The van der Waals surface area contributed by atoms with Crippen molar-refractivity contribution in [1.82, 2.24) is 21.2 Å². The van der Waals surface area contributed by atoms with E-state index in [0.717, 1.165) is 34.1 Å². The number of carbonyl (C=O) groups is 1. The van der Waals surface area contributed by atoms with Gasteiger partial charge in [-0.2, -0.15) is 0 Å². The number of ether oxygens (including phenoxy) is 1. The predicted molar refractivity (Wildman–Crippen MR) is 128 cm³/mol. The lowest BCUT2D eigenvalue weighted by molar-refractivity contribution is 0.0943. The first-order chi connectivity index (χ1) is 15.7. The van der Waals surface area contributed by atoms with E-state index in [1.165, 1.54) is 25.7 Å². The molecule has 1 aromatic heterocycles. The fraction of sp³-hybridized carbons (Fsp3) is 0.320. The summed E-state index contributed by atoms with van der Waals surface area (Å²) in [4.78, 5) is 16.9. The molecule has 2 aliphatic carbocycles. The minimum atomic E-state index is -0.229. The Labute approximate surface area is 192 Å². The summed E-state index contributed by atoms with van der Waals surface area (Å²) in [7, 11) is 0. The average Bonchev–Trinajstić information content (AvgIpc) is 3.45. The van der Waals surface area contributed by atoms with Crippen LogP contribution in [0, 0.1) is 11.8 Å². The van der Waals surface area contributed by atoms with Crippen molar-refractivity contribution in [2.24, 2.45) is 11.8 Å². The van der Waals surface area contributed by atoms with E-state index in [-0.39, 0.29) is 5.91 Å². The number of amides is 1. The van der Waals surface area contributed by atoms with Crippen molar-refractivity contribution in [3.63, 3.8) is 0 Å². The highest BCUT2D eigenvalue weighted by Crippen LogP contribution is 2.44. The second kappa shape index (κ2) is 9.12. The van der Waals surface area contributed by atoms with Crippen molar-refractivity contribution >= 4 is 34.1 Å². The molecule has 1 amide bonds. The van der Waals surface area contributed by atoms with Crippen LogP contribution in [-0.4, -0.2) is 22.0 Å². The van der Waals surface area contributed by atoms with E-state index in [2.05, 4.69) is 21.2 Å². The van der Waals surface area contributed by atoms with Crippen molar-refractivity contribution < 1.29 is 9.53 Å². The Hall–Kier alpha value is -3.19. The van der Waals surface area contributed by atoms with E-state index in [0.29, 0.717) is 23.3 Å². The Balaban J connectivity index is 1.11. The largest absolute Gasteiger partial charge is 0.487 e. The zero-order valence-electron chi connectivity index (χ0n) is 17.7. The van der Waals surface area contributed by atoms with Gasteiger partial charge >= 0.3 is 0 Å². The van der Waals surface area contributed by atoms with Crippen LogP contribution in [0.4, 0.5) is 0 Å². The van der Waals surface area contributed by atoms with Gasteiger partial charge in [-0.3, -0.25) is 20.6 Å². The fourth-order valence-electron chi connectivity index (χ4n) is 4.92. The first-order valence-electron chi connectivity index (χ1n) is 11.1. The number of benzene rings is 2. The van der Waals surface area contributed by atoms with Crippen LogP contribution >= 0.6 is 12.2 Å². The third kappa shape index (κ3) is 4.53. The standard InChI is InChI=1S/C25H26N4O2S/c30-24(28-29-25(32)27-21-14-17-8-11-20(21)13-17)19-9-6-16(7-10-19)15-31-22-5-1-3-18-4-2-12-26-23(18)22/h1-7,9-10,12,17,20-21H,8,11,13-15H2,(H,28,30)(H2,27,29,32)/t17-,20-,21-/m0/s1. The van der Waals surface area contributed by atoms with E-state index in [9.17, 15) is 4.79 Å². The first-order valence-corrected chi connectivity index (χ1v) is 11.5. The van der Waals surface area contributed by atoms with Crippen molar-refractivity contribution in [3.8, 4) is 5.75 Å². The van der Waals surface area contributed by atoms with Gasteiger partial charge in [-0.05, 0) is 73.1 Å². The first kappa shape index (κ1) is 20.7. The minimum absolute atomic E-state index is 0.229. The number of hydrogen-bond donors (Lipinski definition) is 3. The van der Waals surface area contributed by atoms with Gasteiger partial charge in [0.1, 0.15) is 17.9 Å². The maximum atomic E-state index is 12.5. The smallest absolute Gasteiger partial charge is 0.269 e. The zero-order chi connectivity index (χ0) is 21.9. The maximum Gasteiger partial charge on any atom is 0.269 e. The molecule has 3 N–H and O–H groups in total. The molecule has 1 heterocycles. The van der Waals surface area contributed by atoms with Crippen LogP contribution in [-0.2, 0) is 6.61 Å². The highest BCUT2D eigenvalue weighted by atomic mass is 32.1. The number of hydrogen-bond acceptors (Lipinski definition) is 4. The number of para-hydroxylation sites is 1. The molecule has 0 aliphatic heterocycles. The fourth-order valence-corrected chi connectivity index (χ4v) is 5.12. The summed E-state index contributed by atoms with van der Waals surface area (Å²) in [5, 5.41) is 4.87. The number of nitrogens with one attached hydrogen (secondary N) is 3. The Kier molecular flexibility index (Phi) is 5.90. The number of thiocarbonyl (C=S) groups is 1. The molecule has 6 nitrogen and oxygen atoms in total. The van der Waals surface area contributed by atoms with Gasteiger partial charge in [0.2, 0.25) is 0 Å². The van der Waals surface area contributed by atoms with Crippen LogP contribution in [0.15, 0.2) is 60.8 Å². The van der Waals surface area contributed by atoms with Gasteiger partial charge < -0.3 is 10.1 Å². The third-order valence-corrected chi connectivity index (χ3v) is 6.77. The Morgan fingerprint density at radius 1 is 1.03 bits per heavy atom. The van der Waals surface area contributed by atoms with Crippen molar-refractivity contribution in [3.05, 3.63) is 71.9 Å². The van der Waals surface area contributed by atoms with Crippen LogP contribution in [0.25, 0.3) is 10.9 Å². The molecule has 2 aliphatic rings. The molecule has 2 saturated carbocycles. The molecule has 0 saturated heterocycles. The SMILES string of the molecule is O=C(NNC(=S)N[C@H]1C[C@H]2CC[C@H]1C2)c1ccc(COc2cccc3cccnc23)cc1. The highest BCUT2D eigenvalue weighted by Gasteiger charge is 2.39. The molecule has 3 atom stereocenters. The summed E-state index contributed by atoms with van der Waals surface area (Å²) in [6, 6.07) is 17.6. The summed E-state index contributed by atoms with van der Waals surface area (Å²) in [5.74, 6) is 2.07. The van der Waals surface area contributed by atoms with Crippen LogP contribution in [0.2, 0.25) is 0 Å². The molecule has 3 aromatic rings. The summed E-state index contributed by atoms with van der Waals surface area (Å²) in [6.45, 7) is 0.396. The van der Waals surface area contributed by atoms with Crippen LogP contribution in [0.3, 0.4) is 0 Å².